The van der Waals surface area contributed by atoms with E-state index in [-0.39, 0.29) is 34.9 Å². The van der Waals surface area contributed by atoms with Crippen LogP contribution in [0.1, 0.15) is 31.7 Å². The smallest absolute Gasteiger partial charge is 0.230 e. The number of ether oxygens (including phenoxy) is 1. The van der Waals surface area contributed by atoms with E-state index in [1.807, 2.05) is 6.92 Å². The Labute approximate surface area is 192 Å². The van der Waals surface area contributed by atoms with E-state index in [1.165, 1.54) is 13.2 Å². The number of carbonyl (C=O) groups is 2. The van der Waals surface area contributed by atoms with Crippen LogP contribution >= 0.6 is 11.6 Å². The minimum atomic E-state index is -3.66. The highest BCUT2D eigenvalue weighted by atomic mass is 35.5. The number of benzene rings is 2. The van der Waals surface area contributed by atoms with Crippen molar-refractivity contribution in [3.8, 4) is 5.75 Å². The van der Waals surface area contributed by atoms with Gasteiger partial charge in [-0.05, 0) is 68.1 Å². The molecule has 2 aromatic carbocycles. The molecule has 0 saturated heterocycles. The van der Waals surface area contributed by atoms with Crippen molar-refractivity contribution in [3.63, 3.8) is 0 Å². The average Bonchev–Trinajstić information content (AvgIpc) is 3.54. The molecule has 2 amide bonds. The summed E-state index contributed by atoms with van der Waals surface area (Å²) >= 11 is 6.05. The Morgan fingerprint density at radius 2 is 1.94 bits per heavy atom. The second kappa shape index (κ2) is 8.75. The van der Waals surface area contributed by atoms with Gasteiger partial charge in [0.05, 0.1) is 22.8 Å². The summed E-state index contributed by atoms with van der Waals surface area (Å²) in [5.74, 6) is -0.0312. The minimum Gasteiger partial charge on any atom is -0.495 e. The summed E-state index contributed by atoms with van der Waals surface area (Å²) in [4.78, 5) is 26.8. The molecule has 1 aliphatic carbocycles. The molecule has 1 heterocycles. The molecule has 2 aromatic rings. The number of hydrogen-bond donors (Lipinski definition) is 1. The molecule has 0 bridgehead atoms. The maximum Gasteiger partial charge on any atom is 0.230 e. The van der Waals surface area contributed by atoms with Gasteiger partial charge >= 0.3 is 0 Å². The van der Waals surface area contributed by atoms with Crippen molar-refractivity contribution in [1.82, 2.24) is 0 Å². The number of fused-ring (bicyclic) bond motifs is 1. The molecule has 1 N–H and O–H groups in total. The van der Waals surface area contributed by atoms with Crippen LogP contribution in [0.5, 0.6) is 5.75 Å². The standard InChI is InChI=1S/C23H25ClN2O5S/c1-14-11-16-12-18(6-7-20(16)26(14)23(28)15-3-4-15)32(29,30)10-9-22(27)25-17-5-8-21(31-2)19(24)13-17/h5-8,12-15H,3-4,9-11H2,1-2H3,(H,25,27)/t14-/m0/s1. The van der Waals surface area contributed by atoms with Crippen LogP contribution in [0, 0.1) is 5.92 Å². The van der Waals surface area contributed by atoms with Gasteiger partial charge in [-0.15, -0.1) is 0 Å². The van der Waals surface area contributed by atoms with Crippen molar-refractivity contribution in [1.29, 1.82) is 0 Å². The summed E-state index contributed by atoms with van der Waals surface area (Å²) in [5, 5.41) is 3.00. The van der Waals surface area contributed by atoms with E-state index in [0.29, 0.717) is 22.9 Å². The fourth-order valence-corrected chi connectivity index (χ4v) is 5.52. The second-order valence-electron chi connectivity index (χ2n) is 8.29. The van der Waals surface area contributed by atoms with Crippen LogP contribution in [0.4, 0.5) is 11.4 Å². The summed E-state index contributed by atoms with van der Waals surface area (Å²) in [6.07, 6.45) is 2.28. The predicted molar refractivity (Wildman–Crippen MR) is 123 cm³/mol. The van der Waals surface area contributed by atoms with E-state index in [2.05, 4.69) is 5.32 Å². The van der Waals surface area contributed by atoms with E-state index >= 15 is 0 Å². The van der Waals surface area contributed by atoms with Gasteiger partial charge in [0.2, 0.25) is 11.8 Å². The first-order chi connectivity index (χ1) is 15.2. The normalized spacial score (nSPS) is 17.7. The molecular weight excluding hydrogens is 452 g/mol. The van der Waals surface area contributed by atoms with E-state index in [1.54, 1.807) is 35.2 Å². The number of sulfone groups is 1. The third kappa shape index (κ3) is 4.61. The first kappa shape index (κ1) is 22.6. The number of halogens is 1. The molecule has 9 heteroatoms. The second-order valence-corrected chi connectivity index (χ2v) is 10.8. The lowest BCUT2D eigenvalue weighted by Crippen LogP contribution is -2.36. The number of nitrogens with zero attached hydrogens (tertiary/aromatic N) is 1. The Kier molecular flexibility index (Phi) is 6.18. The van der Waals surface area contributed by atoms with Gasteiger partial charge in [0.25, 0.3) is 0 Å². The number of nitrogens with one attached hydrogen (secondary N) is 1. The zero-order valence-electron chi connectivity index (χ0n) is 17.9. The SMILES string of the molecule is COc1ccc(NC(=O)CCS(=O)(=O)c2ccc3c(c2)C[C@H](C)N3C(=O)C2CC2)cc1Cl. The van der Waals surface area contributed by atoms with Crippen LogP contribution in [-0.4, -0.2) is 39.1 Å². The van der Waals surface area contributed by atoms with Gasteiger partial charge in [0.1, 0.15) is 5.75 Å². The van der Waals surface area contributed by atoms with E-state index in [9.17, 15) is 18.0 Å². The first-order valence-electron chi connectivity index (χ1n) is 10.5. The van der Waals surface area contributed by atoms with Crippen LogP contribution in [-0.2, 0) is 25.8 Å². The molecule has 1 aliphatic heterocycles. The van der Waals surface area contributed by atoms with Crippen LogP contribution in [0.2, 0.25) is 5.02 Å². The molecule has 4 rings (SSSR count). The Hall–Kier alpha value is -2.58. The lowest BCUT2D eigenvalue weighted by molar-refractivity contribution is -0.120. The summed E-state index contributed by atoms with van der Waals surface area (Å²) in [7, 11) is -2.17. The molecule has 32 heavy (non-hydrogen) atoms. The van der Waals surface area contributed by atoms with Gasteiger partial charge in [-0.1, -0.05) is 11.6 Å². The van der Waals surface area contributed by atoms with E-state index in [4.69, 9.17) is 16.3 Å². The monoisotopic (exact) mass is 476 g/mol. The molecule has 2 aliphatic rings. The predicted octanol–water partition coefficient (Wildman–Crippen LogP) is 3.84. The van der Waals surface area contributed by atoms with Crippen LogP contribution in [0.15, 0.2) is 41.3 Å². The zero-order chi connectivity index (χ0) is 23.0. The van der Waals surface area contributed by atoms with E-state index < -0.39 is 15.7 Å². The van der Waals surface area contributed by atoms with E-state index in [0.717, 1.165) is 24.1 Å². The summed E-state index contributed by atoms with van der Waals surface area (Å²) < 4.78 is 30.8. The molecule has 1 saturated carbocycles. The van der Waals surface area contributed by atoms with Gasteiger partial charge in [-0.25, -0.2) is 8.42 Å². The zero-order valence-corrected chi connectivity index (χ0v) is 19.5. The van der Waals surface area contributed by atoms with Crippen molar-refractivity contribution in [2.24, 2.45) is 5.92 Å². The fourth-order valence-electron chi connectivity index (χ4n) is 3.98. The van der Waals surface area contributed by atoms with Crippen molar-refractivity contribution in [3.05, 3.63) is 47.0 Å². The quantitative estimate of drug-likeness (QED) is 0.655. The van der Waals surface area contributed by atoms with Gasteiger partial charge in [0, 0.05) is 29.8 Å². The highest BCUT2D eigenvalue weighted by Crippen LogP contribution is 2.39. The molecule has 0 aromatic heterocycles. The fraction of sp³-hybridized carbons (Fsp3) is 0.391. The lowest BCUT2D eigenvalue weighted by Gasteiger charge is -2.22. The Balaban J connectivity index is 1.42. The highest BCUT2D eigenvalue weighted by Gasteiger charge is 2.39. The lowest BCUT2D eigenvalue weighted by atomic mass is 10.1. The summed E-state index contributed by atoms with van der Waals surface area (Å²) in [6, 6.07) is 9.70. The number of hydrogen-bond acceptors (Lipinski definition) is 5. The Morgan fingerprint density at radius 3 is 2.59 bits per heavy atom. The largest absolute Gasteiger partial charge is 0.495 e. The molecule has 1 atom stereocenters. The van der Waals surface area contributed by atoms with Gasteiger partial charge in [-0.2, -0.15) is 0 Å². The van der Waals surface area contributed by atoms with Crippen LogP contribution < -0.4 is 15.0 Å². The topological polar surface area (TPSA) is 92.8 Å². The van der Waals surface area contributed by atoms with Crippen molar-refractivity contribution in [2.75, 3.05) is 23.1 Å². The average molecular weight is 477 g/mol. The molecule has 0 spiro atoms. The maximum absolute atomic E-state index is 12.8. The maximum atomic E-state index is 12.8. The number of amides is 2. The van der Waals surface area contributed by atoms with Crippen molar-refractivity contribution < 1.29 is 22.7 Å². The molecule has 0 unspecified atom stereocenters. The first-order valence-corrected chi connectivity index (χ1v) is 12.5. The van der Waals surface area contributed by atoms with Gasteiger partial charge < -0.3 is 15.0 Å². The third-order valence-corrected chi connectivity index (χ3v) is 7.83. The number of anilines is 2. The summed E-state index contributed by atoms with van der Waals surface area (Å²) in [6.45, 7) is 1.98. The van der Waals surface area contributed by atoms with Crippen molar-refractivity contribution >= 4 is 44.6 Å². The number of rotatable bonds is 7. The molecule has 170 valence electrons. The molecule has 0 radical (unpaired) electrons. The Bertz CT molecular complexity index is 1180. The van der Waals surface area contributed by atoms with Gasteiger partial charge in [-0.3, -0.25) is 9.59 Å². The minimum absolute atomic E-state index is 0.0122. The Morgan fingerprint density at radius 1 is 1.19 bits per heavy atom. The molecule has 7 nitrogen and oxygen atoms in total. The number of carbonyl (C=O) groups excluding carboxylic acids is 2. The molecule has 1 fully saturated rings. The summed E-state index contributed by atoms with van der Waals surface area (Å²) in [5.41, 5.74) is 2.11. The number of methoxy groups -OCH3 is 1. The van der Waals surface area contributed by atoms with Crippen LogP contribution in [0.3, 0.4) is 0 Å². The van der Waals surface area contributed by atoms with Crippen molar-refractivity contribution in [2.45, 2.75) is 43.5 Å². The van der Waals surface area contributed by atoms with Gasteiger partial charge in [0.15, 0.2) is 9.84 Å². The highest BCUT2D eigenvalue weighted by molar-refractivity contribution is 7.91. The third-order valence-electron chi connectivity index (χ3n) is 5.82. The molecular formula is C23H25ClN2O5S. The van der Waals surface area contributed by atoms with Crippen LogP contribution in [0.25, 0.3) is 0 Å².